The van der Waals surface area contributed by atoms with Gasteiger partial charge in [0.25, 0.3) is 5.91 Å². The minimum atomic E-state index is -0.616. The number of rotatable bonds is 3. The largest absolute Gasteiger partial charge is 0.493 e. The molecule has 1 saturated carbocycles. The van der Waals surface area contributed by atoms with Gasteiger partial charge in [0.1, 0.15) is 11.9 Å². The van der Waals surface area contributed by atoms with E-state index < -0.39 is 18.2 Å². The summed E-state index contributed by atoms with van der Waals surface area (Å²) in [4.78, 5) is 33.3. The van der Waals surface area contributed by atoms with Gasteiger partial charge in [-0.2, -0.15) is 0 Å². The normalized spacial score (nSPS) is 30.3. The summed E-state index contributed by atoms with van der Waals surface area (Å²) in [6.07, 6.45) is 9.66. The maximum Gasteiger partial charge on any atom is 0.255 e. The first kappa shape index (κ1) is 27.2. The van der Waals surface area contributed by atoms with Crippen LogP contribution in [0.5, 0.6) is 5.75 Å². The maximum atomic E-state index is 13.6. The Bertz CT molecular complexity index is 1190. The molecule has 6 rings (SSSR count). The van der Waals surface area contributed by atoms with Crippen LogP contribution in [0.3, 0.4) is 0 Å². The summed E-state index contributed by atoms with van der Waals surface area (Å²) in [6.45, 7) is 1.79. The van der Waals surface area contributed by atoms with E-state index in [-0.39, 0.29) is 30.5 Å². The number of aliphatic hydroxyl groups excluding tert-OH is 1. The lowest BCUT2D eigenvalue weighted by atomic mass is 9.95. The Morgan fingerprint density at radius 3 is 2.67 bits per heavy atom. The molecule has 1 aromatic carbocycles. The van der Waals surface area contributed by atoms with Crippen molar-refractivity contribution in [1.29, 1.82) is 0 Å². The first-order chi connectivity index (χ1) is 19.5. The summed E-state index contributed by atoms with van der Waals surface area (Å²) >= 11 is 0. The Morgan fingerprint density at radius 1 is 1.02 bits per heavy atom. The van der Waals surface area contributed by atoms with Gasteiger partial charge in [-0.05, 0) is 73.4 Å². The van der Waals surface area contributed by atoms with Gasteiger partial charge < -0.3 is 25.2 Å². The molecule has 4 aliphatic rings. The molecular weight excluding hydrogens is 508 g/mol. The predicted molar refractivity (Wildman–Crippen MR) is 149 cm³/mol. The highest BCUT2D eigenvalue weighted by molar-refractivity contribution is 5.97. The van der Waals surface area contributed by atoms with E-state index in [1.807, 2.05) is 18.2 Å². The van der Waals surface area contributed by atoms with Crippen molar-refractivity contribution in [2.24, 2.45) is 0 Å². The van der Waals surface area contributed by atoms with Crippen LogP contribution in [-0.2, 0) is 16.1 Å². The van der Waals surface area contributed by atoms with Gasteiger partial charge in [-0.15, -0.1) is 0 Å². The third-order valence-corrected chi connectivity index (χ3v) is 9.01. The van der Waals surface area contributed by atoms with E-state index in [1.54, 1.807) is 12.4 Å². The van der Waals surface area contributed by atoms with Crippen LogP contribution in [-0.4, -0.2) is 76.9 Å². The number of amides is 2. The van der Waals surface area contributed by atoms with Crippen LogP contribution in [0, 0.1) is 0 Å². The number of hydrogen-bond donors (Lipinski definition) is 3. The highest BCUT2D eigenvalue weighted by atomic mass is 16.5. The van der Waals surface area contributed by atoms with Crippen LogP contribution < -0.4 is 15.4 Å². The van der Waals surface area contributed by atoms with Crippen LogP contribution >= 0.6 is 0 Å². The van der Waals surface area contributed by atoms with Crippen LogP contribution in [0.1, 0.15) is 78.8 Å². The average molecular weight is 549 g/mol. The zero-order valence-corrected chi connectivity index (χ0v) is 23.0. The van der Waals surface area contributed by atoms with Crippen molar-refractivity contribution in [3.63, 3.8) is 0 Å². The van der Waals surface area contributed by atoms with Crippen LogP contribution in [0.2, 0.25) is 0 Å². The second-order valence-electron chi connectivity index (χ2n) is 11.8. The van der Waals surface area contributed by atoms with E-state index >= 15 is 0 Å². The summed E-state index contributed by atoms with van der Waals surface area (Å²) in [5.41, 5.74) is 2.81. The lowest BCUT2D eigenvalue weighted by molar-refractivity contribution is -0.133. The Labute approximate surface area is 235 Å². The minimum absolute atomic E-state index is 0.0763. The molecule has 1 aromatic heterocycles. The molecule has 214 valence electrons. The lowest BCUT2D eigenvalue weighted by Crippen LogP contribution is -2.50. The lowest BCUT2D eigenvalue weighted by Gasteiger charge is -2.34. The second kappa shape index (κ2) is 12.2. The Morgan fingerprint density at radius 2 is 1.85 bits per heavy atom. The molecule has 4 bridgehead atoms. The number of nitrogens with one attached hydrogen (secondary N) is 2. The van der Waals surface area contributed by atoms with Gasteiger partial charge in [0.05, 0.1) is 30.4 Å². The topological polar surface area (TPSA) is 113 Å². The van der Waals surface area contributed by atoms with Crippen molar-refractivity contribution >= 4 is 11.8 Å². The smallest absolute Gasteiger partial charge is 0.255 e. The van der Waals surface area contributed by atoms with E-state index in [4.69, 9.17) is 9.47 Å². The number of hydrogen-bond acceptors (Lipinski definition) is 7. The van der Waals surface area contributed by atoms with Gasteiger partial charge in [0.2, 0.25) is 5.91 Å². The fraction of sp³-hybridized carbons (Fsp3) is 0.581. The molecule has 3 N–H and O–H groups in total. The van der Waals surface area contributed by atoms with Gasteiger partial charge in [-0.3, -0.25) is 19.5 Å². The molecule has 9 nitrogen and oxygen atoms in total. The Balaban J connectivity index is 1.27. The van der Waals surface area contributed by atoms with Gasteiger partial charge >= 0.3 is 0 Å². The van der Waals surface area contributed by atoms with Crippen molar-refractivity contribution in [3.05, 3.63) is 59.4 Å². The number of aliphatic hydroxyl groups is 1. The fourth-order valence-corrected chi connectivity index (χ4v) is 6.76. The number of aromatic nitrogens is 1. The molecule has 2 saturated heterocycles. The van der Waals surface area contributed by atoms with Crippen molar-refractivity contribution in [1.82, 2.24) is 20.5 Å². The number of benzene rings is 1. The highest BCUT2D eigenvalue weighted by Crippen LogP contribution is 2.36. The molecular formula is C31H40N4O5. The number of pyridine rings is 1. The Kier molecular flexibility index (Phi) is 8.32. The van der Waals surface area contributed by atoms with Gasteiger partial charge in [0, 0.05) is 44.5 Å². The zero-order chi connectivity index (χ0) is 27.5. The molecule has 0 unspecified atom stereocenters. The van der Waals surface area contributed by atoms with E-state index in [1.165, 1.54) is 31.2 Å². The van der Waals surface area contributed by atoms with E-state index in [0.717, 1.165) is 12.0 Å². The minimum Gasteiger partial charge on any atom is -0.493 e. The third-order valence-electron chi connectivity index (χ3n) is 9.01. The number of ether oxygens (including phenoxy) is 2. The molecule has 0 radical (unpaired) electrons. The van der Waals surface area contributed by atoms with Gasteiger partial charge in [-0.25, -0.2) is 0 Å². The van der Waals surface area contributed by atoms with Crippen molar-refractivity contribution in [2.75, 3.05) is 19.7 Å². The number of nitrogens with zero attached hydrogens (tertiary/aromatic N) is 2. The fourth-order valence-electron chi connectivity index (χ4n) is 6.76. The molecule has 3 aliphatic heterocycles. The zero-order valence-electron chi connectivity index (χ0n) is 23.0. The second-order valence-corrected chi connectivity index (χ2v) is 11.8. The maximum absolute atomic E-state index is 13.6. The SMILES string of the molecule is O=C1N[C@H]2C[C@@H](C(=O)NC[C@H]3O[C@H](CCOc4cc(C5CCCC5)ccc41)CC[C@@H]3O)N(Cc1ccncc1)C2. The monoisotopic (exact) mass is 548 g/mol. The first-order valence-electron chi connectivity index (χ1n) is 14.9. The molecule has 5 atom stereocenters. The van der Waals surface area contributed by atoms with Crippen LogP contribution in [0.15, 0.2) is 42.7 Å². The third kappa shape index (κ3) is 6.16. The van der Waals surface area contributed by atoms with Crippen molar-refractivity contribution in [3.8, 4) is 5.75 Å². The van der Waals surface area contributed by atoms with Crippen molar-refractivity contribution in [2.45, 2.75) is 94.2 Å². The van der Waals surface area contributed by atoms with Crippen LogP contribution in [0.4, 0.5) is 0 Å². The van der Waals surface area contributed by atoms with Crippen molar-refractivity contribution < 1.29 is 24.2 Å². The molecule has 40 heavy (non-hydrogen) atoms. The molecule has 2 amide bonds. The van der Waals surface area contributed by atoms with Gasteiger partial charge in [0.15, 0.2) is 0 Å². The number of fused-ring (bicyclic) bond motifs is 5. The summed E-state index contributed by atoms with van der Waals surface area (Å²) in [7, 11) is 0. The van der Waals surface area contributed by atoms with E-state index in [0.29, 0.717) is 56.2 Å². The quantitative estimate of drug-likeness (QED) is 0.541. The number of carbonyl (C=O) groups is 2. The first-order valence-corrected chi connectivity index (χ1v) is 14.9. The summed E-state index contributed by atoms with van der Waals surface area (Å²) in [5.74, 6) is 0.840. The summed E-state index contributed by atoms with van der Waals surface area (Å²) < 4.78 is 12.5. The molecule has 0 spiro atoms. The summed E-state index contributed by atoms with van der Waals surface area (Å²) in [6, 6.07) is 9.32. The average Bonchev–Trinajstić information content (AvgIpc) is 3.64. The molecule has 4 heterocycles. The number of carbonyl (C=O) groups excluding carboxylic acids is 2. The van der Waals surface area contributed by atoms with E-state index in [9.17, 15) is 14.7 Å². The standard InChI is InChI=1S/C31H40N4O5/c36-27-8-6-24-11-14-39-28-15-22(21-3-1-2-4-21)5-7-25(28)30(37)34-23-16-26(31(38)33-17-29(27)40-24)35(19-23)18-20-9-12-32-13-10-20/h5,7,9-10,12-13,15,21,23-24,26-27,29,36H,1-4,6,8,11,14,16-19H2,(H,33,38)(H,34,37)/t23-,24-,26-,27-,29+/m0/s1. The molecule has 3 fully saturated rings. The Hall–Kier alpha value is -3.01. The molecule has 9 heteroatoms. The van der Waals surface area contributed by atoms with E-state index in [2.05, 4.69) is 32.7 Å². The highest BCUT2D eigenvalue weighted by Gasteiger charge is 2.39. The predicted octanol–water partition coefficient (Wildman–Crippen LogP) is 2.92. The number of likely N-dealkylation sites (tertiary alicyclic amines) is 1. The molecule has 1 aliphatic carbocycles. The molecule has 2 aromatic rings. The van der Waals surface area contributed by atoms with Gasteiger partial charge in [-0.1, -0.05) is 18.9 Å². The van der Waals surface area contributed by atoms with Crippen LogP contribution in [0.25, 0.3) is 0 Å². The summed E-state index contributed by atoms with van der Waals surface area (Å²) in [5, 5.41) is 16.8.